The van der Waals surface area contributed by atoms with Gasteiger partial charge in [0.15, 0.2) is 0 Å². The lowest BCUT2D eigenvalue weighted by atomic mass is 10.0. The predicted molar refractivity (Wildman–Crippen MR) is 93.4 cm³/mol. The van der Waals surface area contributed by atoms with Gasteiger partial charge in [0.2, 0.25) is 0 Å². The third-order valence-corrected chi connectivity index (χ3v) is 4.38. The first-order valence-electron chi connectivity index (χ1n) is 8.35. The van der Waals surface area contributed by atoms with E-state index in [9.17, 15) is 8.78 Å². The van der Waals surface area contributed by atoms with E-state index < -0.39 is 12.5 Å². The van der Waals surface area contributed by atoms with Crippen LogP contribution < -0.4 is 10.6 Å². The van der Waals surface area contributed by atoms with Crippen LogP contribution in [0.4, 0.5) is 14.5 Å². The zero-order valence-corrected chi connectivity index (χ0v) is 13.6. The van der Waals surface area contributed by atoms with E-state index in [2.05, 4.69) is 22.8 Å². The minimum atomic E-state index is -2.38. The Balaban J connectivity index is 1.65. The topological polar surface area (TPSA) is 27.3 Å². The van der Waals surface area contributed by atoms with E-state index in [0.717, 1.165) is 25.3 Å². The van der Waals surface area contributed by atoms with Crippen molar-refractivity contribution in [1.29, 1.82) is 0 Å². The molecule has 0 bridgehead atoms. The lowest BCUT2D eigenvalue weighted by molar-refractivity contribution is 0.0182. The Morgan fingerprint density at radius 2 is 1.62 bits per heavy atom. The van der Waals surface area contributed by atoms with Gasteiger partial charge in [-0.15, -0.1) is 0 Å². The molecule has 24 heavy (non-hydrogen) atoms. The second-order valence-corrected chi connectivity index (χ2v) is 6.03. The van der Waals surface area contributed by atoms with Gasteiger partial charge < -0.3 is 10.6 Å². The van der Waals surface area contributed by atoms with Gasteiger partial charge in [0, 0.05) is 38.4 Å². The summed E-state index contributed by atoms with van der Waals surface area (Å²) in [6.07, 6.45) is -2.38. The van der Waals surface area contributed by atoms with Crippen molar-refractivity contribution in [2.75, 3.05) is 31.5 Å². The summed E-state index contributed by atoms with van der Waals surface area (Å²) in [6.45, 7) is 3.56. The van der Waals surface area contributed by atoms with Gasteiger partial charge in [0.05, 0.1) is 6.04 Å². The summed E-state index contributed by atoms with van der Waals surface area (Å²) in [6, 6.07) is 16.7. The molecule has 0 aromatic heterocycles. The number of piperazine rings is 1. The van der Waals surface area contributed by atoms with Crippen LogP contribution in [0, 0.1) is 0 Å². The molecule has 0 spiro atoms. The monoisotopic (exact) mass is 331 g/mol. The number of alkyl halides is 2. The largest absolute Gasteiger partial charge is 0.381 e. The van der Waals surface area contributed by atoms with E-state index >= 15 is 0 Å². The van der Waals surface area contributed by atoms with Gasteiger partial charge in [-0.3, -0.25) is 4.90 Å². The third-order valence-electron chi connectivity index (χ3n) is 4.38. The van der Waals surface area contributed by atoms with E-state index in [0.29, 0.717) is 18.7 Å². The summed E-state index contributed by atoms with van der Waals surface area (Å²) in [5, 5.41) is 6.53. The number of benzene rings is 2. The molecule has 5 heteroatoms. The lowest BCUT2D eigenvalue weighted by Gasteiger charge is -2.34. The van der Waals surface area contributed by atoms with Crippen molar-refractivity contribution in [2.45, 2.75) is 19.0 Å². The molecule has 1 saturated heterocycles. The fourth-order valence-electron chi connectivity index (χ4n) is 3.07. The Morgan fingerprint density at radius 1 is 0.958 bits per heavy atom. The van der Waals surface area contributed by atoms with Crippen LogP contribution in [0.1, 0.15) is 17.2 Å². The molecular weight excluding hydrogens is 308 g/mol. The van der Waals surface area contributed by atoms with Gasteiger partial charge in [-0.25, -0.2) is 8.78 Å². The SMILES string of the molecule is FC(F)[C@H](c1ccc(NCc2ccccc2)cc1)N1CCNCC1. The highest BCUT2D eigenvalue weighted by Gasteiger charge is 2.29. The highest BCUT2D eigenvalue weighted by atomic mass is 19.3. The van der Waals surface area contributed by atoms with Crippen molar-refractivity contribution in [3.8, 4) is 0 Å². The molecule has 0 aliphatic carbocycles. The lowest BCUT2D eigenvalue weighted by Crippen LogP contribution is -2.46. The molecule has 1 atom stereocenters. The van der Waals surface area contributed by atoms with Gasteiger partial charge in [-0.05, 0) is 23.3 Å². The van der Waals surface area contributed by atoms with Gasteiger partial charge in [-0.2, -0.15) is 0 Å². The van der Waals surface area contributed by atoms with Crippen molar-refractivity contribution in [3.63, 3.8) is 0 Å². The predicted octanol–water partition coefficient (Wildman–Crippen LogP) is 3.51. The van der Waals surface area contributed by atoms with Gasteiger partial charge >= 0.3 is 0 Å². The van der Waals surface area contributed by atoms with Crippen LogP contribution >= 0.6 is 0 Å². The van der Waals surface area contributed by atoms with E-state index in [-0.39, 0.29) is 0 Å². The fourth-order valence-corrected chi connectivity index (χ4v) is 3.07. The summed E-state index contributed by atoms with van der Waals surface area (Å²) in [5.41, 5.74) is 2.81. The normalized spacial score (nSPS) is 17.0. The molecule has 3 rings (SSSR count). The first kappa shape index (κ1) is 16.9. The average molecular weight is 331 g/mol. The summed E-state index contributed by atoms with van der Waals surface area (Å²) in [4.78, 5) is 1.87. The van der Waals surface area contributed by atoms with Crippen LogP contribution in [0.2, 0.25) is 0 Å². The molecule has 1 heterocycles. The van der Waals surface area contributed by atoms with Gasteiger partial charge in [-0.1, -0.05) is 42.5 Å². The Bertz CT molecular complexity index is 610. The highest BCUT2D eigenvalue weighted by molar-refractivity contribution is 5.45. The first-order valence-corrected chi connectivity index (χ1v) is 8.35. The van der Waals surface area contributed by atoms with Crippen LogP contribution in [0.25, 0.3) is 0 Å². The standard InChI is InChI=1S/C19H23F2N3/c20-19(21)18(24-12-10-22-11-13-24)16-6-8-17(9-7-16)23-14-15-4-2-1-3-5-15/h1-9,18-19,22-23H,10-14H2/t18-/m0/s1. The zero-order valence-electron chi connectivity index (χ0n) is 13.6. The first-order chi connectivity index (χ1) is 11.7. The fraction of sp³-hybridized carbons (Fsp3) is 0.368. The highest BCUT2D eigenvalue weighted by Crippen LogP contribution is 2.28. The third kappa shape index (κ3) is 4.30. The number of hydrogen-bond acceptors (Lipinski definition) is 3. The zero-order chi connectivity index (χ0) is 16.8. The van der Waals surface area contributed by atoms with Crippen molar-refractivity contribution in [3.05, 3.63) is 65.7 Å². The number of nitrogens with one attached hydrogen (secondary N) is 2. The molecule has 128 valence electrons. The number of rotatable bonds is 6. The molecule has 1 fully saturated rings. The maximum Gasteiger partial charge on any atom is 0.258 e. The van der Waals surface area contributed by atoms with Crippen LogP contribution in [-0.4, -0.2) is 37.5 Å². The second-order valence-electron chi connectivity index (χ2n) is 6.03. The molecule has 1 aliphatic rings. The molecular formula is C19H23F2N3. The summed E-state index contributed by atoms with van der Waals surface area (Å²) < 4.78 is 27.1. The number of hydrogen-bond donors (Lipinski definition) is 2. The van der Waals surface area contributed by atoms with Crippen LogP contribution in [0.15, 0.2) is 54.6 Å². The summed E-state index contributed by atoms with van der Waals surface area (Å²) in [7, 11) is 0. The Labute approximate surface area is 141 Å². The average Bonchev–Trinajstić information content (AvgIpc) is 2.63. The van der Waals surface area contributed by atoms with Gasteiger partial charge in [0.1, 0.15) is 0 Å². The number of nitrogens with zero attached hydrogens (tertiary/aromatic N) is 1. The van der Waals surface area contributed by atoms with E-state index in [1.807, 2.05) is 47.4 Å². The molecule has 0 unspecified atom stereocenters. The Hall–Kier alpha value is -1.98. The van der Waals surface area contributed by atoms with E-state index in [4.69, 9.17) is 0 Å². The minimum Gasteiger partial charge on any atom is -0.381 e. The van der Waals surface area contributed by atoms with Crippen LogP contribution in [0.3, 0.4) is 0 Å². The summed E-state index contributed by atoms with van der Waals surface area (Å²) >= 11 is 0. The molecule has 0 radical (unpaired) electrons. The van der Waals surface area contributed by atoms with Crippen molar-refractivity contribution in [1.82, 2.24) is 10.2 Å². The molecule has 2 aromatic carbocycles. The van der Waals surface area contributed by atoms with E-state index in [1.165, 1.54) is 5.56 Å². The molecule has 3 nitrogen and oxygen atoms in total. The molecule has 2 N–H and O–H groups in total. The Morgan fingerprint density at radius 3 is 2.25 bits per heavy atom. The second kappa shape index (κ2) is 8.22. The van der Waals surface area contributed by atoms with E-state index in [1.54, 1.807) is 0 Å². The van der Waals surface area contributed by atoms with Crippen molar-refractivity contribution >= 4 is 5.69 Å². The summed E-state index contributed by atoms with van der Waals surface area (Å²) in [5.74, 6) is 0. The quantitative estimate of drug-likeness (QED) is 0.848. The Kier molecular flexibility index (Phi) is 5.77. The molecule has 1 aliphatic heterocycles. The molecule has 0 saturated carbocycles. The van der Waals surface area contributed by atoms with Crippen molar-refractivity contribution < 1.29 is 8.78 Å². The van der Waals surface area contributed by atoms with Gasteiger partial charge in [0.25, 0.3) is 6.43 Å². The van der Waals surface area contributed by atoms with Crippen LogP contribution in [-0.2, 0) is 6.54 Å². The minimum absolute atomic E-state index is 0.656. The molecule has 2 aromatic rings. The van der Waals surface area contributed by atoms with Crippen molar-refractivity contribution in [2.24, 2.45) is 0 Å². The number of halogens is 2. The van der Waals surface area contributed by atoms with Crippen LogP contribution in [0.5, 0.6) is 0 Å². The smallest absolute Gasteiger partial charge is 0.258 e. The maximum atomic E-state index is 13.6. The number of anilines is 1. The maximum absolute atomic E-state index is 13.6. The molecule has 0 amide bonds.